The first-order valence-electron chi connectivity index (χ1n) is 6.74. The third-order valence-corrected chi connectivity index (χ3v) is 6.02. The number of rotatable bonds is 5. The highest BCUT2D eigenvalue weighted by atomic mass is 32.2. The highest BCUT2D eigenvalue weighted by molar-refractivity contribution is 7.89. The van der Waals surface area contributed by atoms with Gasteiger partial charge in [-0.1, -0.05) is 30.3 Å². The van der Waals surface area contributed by atoms with Crippen LogP contribution in [0.15, 0.2) is 30.3 Å². The molecule has 1 saturated heterocycles. The van der Waals surface area contributed by atoms with Gasteiger partial charge in [-0.05, 0) is 31.9 Å². The van der Waals surface area contributed by atoms with E-state index in [-0.39, 0.29) is 5.25 Å². The molecule has 2 rings (SSSR count). The molecule has 0 spiro atoms. The third kappa shape index (κ3) is 3.16. The predicted octanol–water partition coefficient (Wildman–Crippen LogP) is 1.41. The fourth-order valence-electron chi connectivity index (χ4n) is 2.60. The average Bonchev–Trinajstić information content (AvgIpc) is 2.90. The van der Waals surface area contributed by atoms with Crippen molar-refractivity contribution in [1.82, 2.24) is 9.62 Å². The zero-order chi connectivity index (χ0) is 13.9. The Balaban J connectivity index is 2.06. The van der Waals surface area contributed by atoms with Gasteiger partial charge in [0.1, 0.15) is 0 Å². The van der Waals surface area contributed by atoms with E-state index in [0.29, 0.717) is 25.6 Å². The SMILES string of the molecule is CNCC(C)S(=O)(=O)N1CCC(c2ccccc2)C1. The van der Waals surface area contributed by atoms with Crippen LogP contribution in [0.2, 0.25) is 0 Å². The van der Waals surface area contributed by atoms with E-state index in [1.54, 1.807) is 18.3 Å². The second kappa shape index (κ2) is 6.03. The van der Waals surface area contributed by atoms with Gasteiger partial charge in [-0.15, -0.1) is 0 Å². The Morgan fingerprint density at radius 1 is 1.37 bits per heavy atom. The second-order valence-electron chi connectivity index (χ2n) is 5.17. The fourth-order valence-corrected chi connectivity index (χ4v) is 4.24. The Bertz CT molecular complexity index is 501. The van der Waals surface area contributed by atoms with Crippen LogP contribution in [0.5, 0.6) is 0 Å². The number of hydrogen-bond acceptors (Lipinski definition) is 3. The van der Waals surface area contributed by atoms with Crippen LogP contribution >= 0.6 is 0 Å². The summed E-state index contributed by atoms with van der Waals surface area (Å²) in [7, 11) is -1.39. The first kappa shape index (κ1) is 14.5. The van der Waals surface area contributed by atoms with Crippen LogP contribution in [0.4, 0.5) is 0 Å². The quantitative estimate of drug-likeness (QED) is 0.888. The van der Waals surface area contributed by atoms with Gasteiger partial charge in [0.15, 0.2) is 0 Å². The molecule has 0 aromatic heterocycles. The van der Waals surface area contributed by atoms with Crippen LogP contribution in [0.25, 0.3) is 0 Å². The molecule has 0 radical (unpaired) electrons. The Morgan fingerprint density at radius 3 is 2.68 bits per heavy atom. The lowest BCUT2D eigenvalue weighted by molar-refractivity contribution is 0.461. The maximum atomic E-state index is 12.4. The summed E-state index contributed by atoms with van der Waals surface area (Å²) in [5, 5.41) is 2.57. The zero-order valence-corrected chi connectivity index (χ0v) is 12.4. The molecule has 106 valence electrons. The van der Waals surface area contributed by atoms with Crippen molar-refractivity contribution < 1.29 is 8.42 Å². The molecule has 2 unspecified atom stereocenters. The molecule has 1 aromatic carbocycles. The van der Waals surface area contributed by atoms with Crippen LogP contribution in [0.1, 0.15) is 24.8 Å². The summed E-state index contributed by atoms with van der Waals surface area (Å²) in [6.45, 7) is 3.51. The van der Waals surface area contributed by atoms with Crippen LogP contribution in [0, 0.1) is 0 Å². The van der Waals surface area contributed by atoms with Crippen LogP contribution in [-0.2, 0) is 10.0 Å². The maximum absolute atomic E-state index is 12.4. The standard InChI is InChI=1S/C14H22N2O2S/c1-12(10-15-2)19(17,18)16-9-8-14(11-16)13-6-4-3-5-7-13/h3-7,12,14-15H,8-11H2,1-2H3. The number of nitrogens with zero attached hydrogens (tertiary/aromatic N) is 1. The first-order valence-corrected chi connectivity index (χ1v) is 8.24. The van der Waals surface area contributed by atoms with Crippen molar-refractivity contribution in [3.05, 3.63) is 35.9 Å². The Kier molecular flexibility index (Phi) is 4.60. The van der Waals surface area contributed by atoms with E-state index in [2.05, 4.69) is 17.4 Å². The number of benzene rings is 1. The highest BCUT2D eigenvalue weighted by Crippen LogP contribution is 2.29. The number of hydrogen-bond donors (Lipinski definition) is 1. The van der Waals surface area contributed by atoms with Crippen molar-refractivity contribution in [3.8, 4) is 0 Å². The molecule has 1 heterocycles. The average molecular weight is 282 g/mol. The Labute approximate surface area is 115 Å². The summed E-state index contributed by atoms with van der Waals surface area (Å²) in [5.41, 5.74) is 1.24. The molecule has 2 atom stereocenters. The van der Waals surface area contributed by atoms with Gasteiger partial charge in [0.05, 0.1) is 5.25 Å². The molecule has 0 aliphatic carbocycles. The van der Waals surface area contributed by atoms with E-state index in [9.17, 15) is 8.42 Å². The van der Waals surface area contributed by atoms with Gasteiger partial charge < -0.3 is 5.32 Å². The summed E-state index contributed by atoms with van der Waals surface area (Å²) < 4.78 is 26.4. The smallest absolute Gasteiger partial charge is 0.217 e. The highest BCUT2D eigenvalue weighted by Gasteiger charge is 2.34. The monoisotopic (exact) mass is 282 g/mol. The molecule has 0 bridgehead atoms. The van der Waals surface area contributed by atoms with Gasteiger partial charge in [-0.3, -0.25) is 0 Å². The van der Waals surface area contributed by atoms with E-state index in [1.807, 2.05) is 18.2 Å². The lowest BCUT2D eigenvalue weighted by atomic mass is 9.99. The topological polar surface area (TPSA) is 49.4 Å². The maximum Gasteiger partial charge on any atom is 0.217 e. The molecule has 1 aliphatic rings. The van der Waals surface area contributed by atoms with Crippen molar-refractivity contribution in [1.29, 1.82) is 0 Å². The first-order chi connectivity index (χ1) is 9.05. The third-order valence-electron chi connectivity index (χ3n) is 3.78. The minimum atomic E-state index is -3.17. The lowest BCUT2D eigenvalue weighted by Gasteiger charge is -2.21. The van der Waals surface area contributed by atoms with E-state index < -0.39 is 10.0 Å². The van der Waals surface area contributed by atoms with Gasteiger partial charge in [0, 0.05) is 19.6 Å². The summed E-state index contributed by atoms with van der Waals surface area (Å²) in [6.07, 6.45) is 0.912. The Hall–Kier alpha value is -0.910. The molecule has 19 heavy (non-hydrogen) atoms. The molecule has 1 N–H and O–H groups in total. The second-order valence-corrected chi connectivity index (χ2v) is 7.52. The van der Waals surface area contributed by atoms with E-state index in [1.165, 1.54) is 5.56 Å². The van der Waals surface area contributed by atoms with E-state index >= 15 is 0 Å². The molecule has 0 saturated carbocycles. The van der Waals surface area contributed by atoms with Crippen molar-refractivity contribution in [2.45, 2.75) is 24.5 Å². The molecule has 4 nitrogen and oxygen atoms in total. The number of sulfonamides is 1. The van der Waals surface area contributed by atoms with Crippen molar-refractivity contribution in [2.24, 2.45) is 0 Å². The summed E-state index contributed by atoms with van der Waals surface area (Å²) in [6, 6.07) is 10.2. The van der Waals surface area contributed by atoms with Crippen LogP contribution in [-0.4, -0.2) is 44.7 Å². The largest absolute Gasteiger partial charge is 0.318 e. The molecule has 1 aromatic rings. The fraction of sp³-hybridized carbons (Fsp3) is 0.571. The van der Waals surface area contributed by atoms with Crippen LogP contribution in [0.3, 0.4) is 0 Å². The molecule has 1 aliphatic heterocycles. The van der Waals surface area contributed by atoms with Crippen molar-refractivity contribution in [3.63, 3.8) is 0 Å². The summed E-state index contributed by atoms with van der Waals surface area (Å²) in [4.78, 5) is 0. The molecule has 0 amide bonds. The lowest BCUT2D eigenvalue weighted by Crippen LogP contribution is -2.40. The van der Waals surface area contributed by atoms with Crippen LogP contribution < -0.4 is 5.32 Å². The molecule has 5 heteroatoms. The van der Waals surface area contributed by atoms with E-state index in [0.717, 1.165) is 6.42 Å². The summed E-state index contributed by atoms with van der Waals surface area (Å²) in [5.74, 6) is 0.331. The zero-order valence-electron chi connectivity index (χ0n) is 11.5. The van der Waals surface area contributed by atoms with Gasteiger partial charge in [-0.25, -0.2) is 12.7 Å². The van der Waals surface area contributed by atoms with Gasteiger partial charge in [0.25, 0.3) is 0 Å². The number of nitrogens with one attached hydrogen (secondary N) is 1. The minimum Gasteiger partial charge on any atom is -0.318 e. The molecular weight excluding hydrogens is 260 g/mol. The van der Waals surface area contributed by atoms with Crippen molar-refractivity contribution >= 4 is 10.0 Å². The normalized spacial score (nSPS) is 22.5. The van der Waals surface area contributed by atoms with Crippen molar-refractivity contribution in [2.75, 3.05) is 26.7 Å². The minimum absolute atomic E-state index is 0.331. The molecule has 1 fully saturated rings. The summed E-state index contributed by atoms with van der Waals surface area (Å²) >= 11 is 0. The van der Waals surface area contributed by atoms with Gasteiger partial charge in [-0.2, -0.15) is 0 Å². The van der Waals surface area contributed by atoms with Gasteiger partial charge in [0.2, 0.25) is 10.0 Å². The Morgan fingerprint density at radius 2 is 2.05 bits per heavy atom. The predicted molar refractivity (Wildman–Crippen MR) is 77.7 cm³/mol. The van der Waals surface area contributed by atoms with E-state index in [4.69, 9.17) is 0 Å². The van der Waals surface area contributed by atoms with Gasteiger partial charge >= 0.3 is 0 Å². The molecular formula is C14H22N2O2S.